The number of nitrogens with zero attached hydrogens (tertiary/aromatic N) is 4. The lowest BCUT2D eigenvalue weighted by molar-refractivity contribution is 0.887. The number of benzene rings is 2. The van der Waals surface area contributed by atoms with Crippen molar-refractivity contribution in [1.29, 1.82) is 0 Å². The quantitative estimate of drug-likeness (QED) is 0.712. The van der Waals surface area contributed by atoms with Crippen LogP contribution in [0.15, 0.2) is 54.7 Å². The molecule has 3 rings (SSSR count). The predicted octanol–water partition coefficient (Wildman–Crippen LogP) is 4.64. The molecule has 2 aromatic carbocycles. The van der Waals surface area contributed by atoms with Crippen LogP contribution in [0.3, 0.4) is 0 Å². The van der Waals surface area contributed by atoms with E-state index >= 15 is 0 Å². The first-order valence-corrected chi connectivity index (χ1v) is 8.60. The Balaban J connectivity index is 1.92. The molecule has 0 fully saturated rings. The molecule has 0 unspecified atom stereocenters. The second-order valence-corrected chi connectivity index (χ2v) is 5.81. The molecule has 128 valence electrons. The Morgan fingerprint density at radius 2 is 1.80 bits per heavy atom. The minimum Gasteiger partial charge on any atom is -0.338 e. The van der Waals surface area contributed by atoms with Gasteiger partial charge in [0.05, 0.1) is 6.20 Å². The summed E-state index contributed by atoms with van der Waals surface area (Å²) in [7, 11) is 0. The minimum atomic E-state index is 0.588. The Kier molecular flexibility index (Phi) is 5.23. The van der Waals surface area contributed by atoms with Crippen molar-refractivity contribution in [2.45, 2.75) is 27.2 Å². The van der Waals surface area contributed by atoms with E-state index in [1.54, 1.807) is 6.20 Å². The maximum Gasteiger partial charge on any atom is 0.251 e. The van der Waals surface area contributed by atoms with Crippen molar-refractivity contribution in [3.05, 3.63) is 65.9 Å². The second kappa shape index (κ2) is 7.75. The fraction of sp³-hybridized carbons (Fsp3) is 0.250. The number of para-hydroxylation sites is 2. The standard InChI is InChI=1S/C20H23N5/c1-4-16-11-9-10-15(3)19(16)22-18-14-21-24-20(23-18)25(5-2)17-12-7-6-8-13-17/h6-14H,4-5H2,1-3H3,(H,22,23,24). The summed E-state index contributed by atoms with van der Waals surface area (Å²) < 4.78 is 0. The zero-order valence-corrected chi connectivity index (χ0v) is 14.9. The van der Waals surface area contributed by atoms with Crippen LogP contribution in [0.4, 0.5) is 23.1 Å². The van der Waals surface area contributed by atoms with Crippen LogP contribution in [0.1, 0.15) is 25.0 Å². The van der Waals surface area contributed by atoms with Gasteiger partial charge in [-0.2, -0.15) is 10.1 Å². The van der Waals surface area contributed by atoms with Gasteiger partial charge in [0, 0.05) is 17.9 Å². The van der Waals surface area contributed by atoms with E-state index in [9.17, 15) is 0 Å². The first-order chi connectivity index (χ1) is 12.2. The van der Waals surface area contributed by atoms with E-state index < -0.39 is 0 Å². The zero-order chi connectivity index (χ0) is 17.6. The SMILES string of the molecule is CCc1cccc(C)c1Nc1cnnc(N(CC)c2ccccc2)n1. The highest BCUT2D eigenvalue weighted by Crippen LogP contribution is 2.26. The Bertz CT molecular complexity index is 832. The van der Waals surface area contributed by atoms with Gasteiger partial charge in [-0.15, -0.1) is 5.10 Å². The molecule has 0 bridgehead atoms. The molecular formula is C20H23N5. The van der Waals surface area contributed by atoms with Crippen LogP contribution in [0.5, 0.6) is 0 Å². The number of hydrogen-bond donors (Lipinski definition) is 1. The van der Waals surface area contributed by atoms with E-state index in [0.29, 0.717) is 11.8 Å². The summed E-state index contributed by atoms with van der Waals surface area (Å²) in [5.41, 5.74) is 4.60. The molecule has 0 aliphatic carbocycles. The average molecular weight is 333 g/mol. The summed E-state index contributed by atoms with van der Waals surface area (Å²) in [6.45, 7) is 7.09. The van der Waals surface area contributed by atoms with E-state index in [4.69, 9.17) is 0 Å². The number of hydrogen-bond acceptors (Lipinski definition) is 5. The molecule has 0 saturated carbocycles. The molecule has 1 aromatic heterocycles. The largest absolute Gasteiger partial charge is 0.338 e. The third kappa shape index (κ3) is 3.76. The molecule has 3 aromatic rings. The second-order valence-electron chi connectivity index (χ2n) is 5.81. The van der Waals surface area contributed by atoms with E-state index in [-0.39, 0.29) is 0 Å². The van der Waals surface area contributed by atoms with E-state index in [1.807, 2.05) is 35.2 Å². The summed E-state index contributed by atoms with van der Waals surface area (Å²) in [6.07, 6.45) is 2.62. The monoisotopic (exact) mass is 333 g/mol. The normalized spacial score (nSPS) is 10.5. The highest BCUT2D eigenvalue weighted by molar-refractivity contribution is 5.65. The summed E-state index contributed by atoms with van der Waals surface area (Å²) in [5, 5.41) is 11.8. The molecule has 0 aliphatic heterocycles. The molecular weight excluding hydrogens is 310 g/mol. The van der Waals surface area contributed by atoms with Gasteiger partial charge in [0.15, 0.2) is 5.82 Å². The van der Waals surface area contributed by atoms with Crippen LogP contribution in [-0.4, -0.2) is 21.7 Å². The van der Waals surface area contributed by atoms with Crippen molar-refractivity contribution in [2.24, 2.45) is 0 Å². The molecule has 0 radical (unpaired) electrons. The third-order valence-corrected chi connectivity index (χ3v) is 4.17. The summed E-state index contributed by atoms with van der Waals surface area (Å²) in [5.74, 6) is 1.29. The van der Waals surface area contributed by atoms with E-state index in [0.717, 1.165) is 24.3 Å². The lowest BCUT2D eigenvalue weighted by Crippen LogP contribution is -2.19. The van der Waals surface area contributed by atoms with Gasteiger partial charge in [-0.1, -0.05) is 43.3 Å². The van der Waals surface area contributed by atoms with Crippen molar-refractivity contribution >= 4 is 23.1 Å². The molecule has 1 N–H and O–H groups in total. The Labute approximate surface area is 148 Å². The van der Waals surface area contributed by atoms with Gasteiger partial charge < -0.3 is 10.2 Å². The number of aromatic nitrogens is 3. The van der Waals surface area contributed by atoms with Gasteiger partial charge in [0.25, 0.3) is 5.95 Å². The maximum absolute atomic E-state index is 4.67. The van der Waals surface area contributed by atoms with Crippen molar-refractivity contribution < 1.29 is 0 Å². The van der Waals surface area contributed by atoms with Crippen molar-refractivity contribution in [3.8, 4) is 0 Å². The van der Waals surface area contributed by atoms with Gasteiger partial charge in [-0.25, -0.2) is 0 Å². The third-order valence-electron chi connectivity index (χ3n) is 4.17. The zero-order valence-electron chi connectivity index (χ0n) is 14.9. The lowest BCUT2D eigenvalue weighted by atomic mass is 10.1. The van der Waals surface area contributed by atoms with Gasteiger partial charge in [0.2, 0.25) is 0 Å². The summed E-state index contributed by atoms with van der Waals surface area (Å²) in [6, 6.07) is 16.4. The smallest absolute Gasteiger partial charge is 0.251 e. The fourth-order valence-electron chi connectivity index (χ4n) is 2.85. The van der Waals surface area contributed by atoms with E-state index in [1.165, 1.54) is 11.1 Å². The number of rotatable bonds is 6. The van der Waals surface area contributed by atoms with Gasteiger partial charge in [-0.3, -0.25) is 0 Å². The molecule has 0 saturated heterocycles. The molecule has 25 heavy (non-hydrogen) atoms. The van der Waals surface area contributed by atoms with Crippen LogP contribution in [0.2, 0.25) is 0 Å². The highest BCUT2D eigenvalue weighted by Gasteiger charge is 2.12. The minimum absolute atomic E-state index is 0.588. The molecule has 0 amide bonds. The van der Waals surface area contributed by atoms with Crippen molar-refractivity contribution in [2.75, 3.05) is 16.8 Å². The Morgan fingerprint density at radius 1 is 1.00 bits per heavy atom. The molecule has 0 aliphatic rings. The Morgan fingerprint density at radius 3 is 2.52 bits per heavy atom. The van der Waals surface area contributed by atoms with Crippen LogP contribution < -0.4 is 10.2 Å². The molecule has 5 nitrogen and oxygen atoms in total. The van der Waals surface area contributed by atoms with E-state index in [2.05, 4.69) is 59.5 Å². The van der Waals surface area contributed by atoms with Crippen LogP contribution in [0.25, 0.3) is 0 Å². The number of anilines is 4. The average Bonchev–Trinajstić information content (AvgIpc) is 2.65. The Hall–Kier alpha value is -2.95. The number of aryl methyl sites for hydroxylation is 2. The first-order valence-electron chi connectivity index (χ1n) is 8.60. The molecule has 0 atom stereocenters. The fourth-order valence-corrected chi connectivity index (χ4v) is 2.85. The predicted molar refractivity (Wildman–Crippen MR) is 103 cm³/mol. The summed E-state index contributed by atoms with van der Waals surface area (Å²) in [4.78, 5) is 6.71. The van der Waals surface area contributed by atoms with Gasteiger partial charge in [0.1, 0.15) is 0 Å². The van der Waals surface area contributed by atoms with Gasteiger partial charge >= 0.3 is 0 Å². The lowest BCUT2D eigenvalue weighted by Gasteiger charge is -2.21. The van der Waals surface area contributed by atoms with Crippen LogP contribution in [0, 0.1) is 6.92 Å². The van der Waals surface area contributed by atoms with Crippen LogP contribution in [-0.2, 0) is 6.42 Å². The number of nitrogens with one attached hydrogen (secondary N) is 1. The van der Waals surface area contributed by atoms with Crippen molar-refractivity contribution in [1.82, 2.24) is 15.2 Å². The van der Waals surface area contributed by atoms with Gasteiger partial charge in [-0.05, 0) is 43.5 Å². The summed E-state index contributed by atoms with van der Waals surface area (Å²) >= 11 is 0. The van der Waals surface area contributed by atoms with Crippen LogP contribution >= 0.6 is 0 Å². The maximum atomic E-state index is 4.67. The molecule has 0 spiro atoms. The first kappa shape index (κ1) is 16.9. The molecule has 1 heterocycles. The molecule has 5 heteroatoms. The highest BCUT2D eigenvalue weighted by atomic mass is 15.3. The van der Waals surface area contributed by atoms with Crippen molar-refractivity contribution in [3.63, 3.8) is 0 Å². The topological polar surface area (TPSA) is 53.9 Å².